The van der Waals surface area contributed by atoms with Gasteiger partial charge in [0.2, 0.25) is 0 Å². The second kappa shape index (κ2) is 4.99. The molecular formula is C15H22ClN. The standard InChI is InChI=1S/C15H22ClN/c1-3-5-14(17)15(8-4-9-15)12-7-6-11(2)13(16)10-12/h6-7,10,14H,3-5,8-9,17H2,1-2H3. The van der Waals surface area contributed by atoms with E-state index in [0.29, 0.717) is 0 Å². The van der Waals surface area contributed by atoms with Crippen LogP contribution in [0.2, 0.25) is 5.02 Å². The second-order valence-corrected chi connectivity index (χ2v) is 5.78. The monoisotopic (exact) mass is 251 g/mol. The smallest absolute Gasteiger partial charge is 0.0438 e. The normalized spacial score (nSPS) is 19.8. The predicted molar refractivity (Wildman–Crippen MR) is 74.6 cm³/mol. The third-order valence-electron chi connectivity index (χ3n) is 4.30. The van der Waals surface area contributed by atoms with E-state index in [1.165, 1.54) is 24.8 Å². The van der Waals surface area contributed by atoms with E-state index in [1.54, 1.807) is 0 Å². The Hall–Kier alpha value is -0.530. The van der Waals surface area contributed by atoms with Gasteiger partial charge in [-0.2, -0.15) is 0 Å². The summed E-state index contributed by atoms with van der Waals surface area (Å²) in [6.45, 7) is 4.25. The van der Waals surface area contributed by atoms with Crippen LogP contribution in [0.5, 0.6) is 0 Å². The van der Waals surface area contributed by atoms with Gasteiger partial charge in [0.25, 0.3) is 0 Å². The molecule has 0 radical (unpaired) electrons. The summed E-state index contributed by atoms with van der Waals surface area (Å²) in [6, 6.07) is 6.75. The minimum atomic E-state index is 0.202. The summed E-state index contributed by atoms with van der Waals surface area (Å²) in [5.74, 6) is 0. The van der Waals surface area contributed by atoms with Crippen LogP contribution in [0.3, 0.4) is 0 Å². The first-order chi connectivity index (χ1) is 8.10. The van der Waals surface area contributed by atoms with Gasteiger partial charge in [0.05, 0.1) is 0 Å². The summed E-state index contributed by atoms with van der Waals surface area (Å²) < 4.78 is 0. The summed E-state index contributed by atoms with van der Waals surface area (Å²) in [7, 11) is 0. The van der Waals surface area contributed by atoms with Crippen LogP contribution in [0.4, 0.5) is 0 Å². The van der Waals surface area contributed by atoms with Crippen molar-refractivity contribution in [2.75, 3.05) is 0 Å². The van der Waals surface area contributed by atoms with E-state index in [4.69, 9.17) is 17.3 Å². The van der Waals surface area contributed by atoms with Crippen LogP contribution in [0.15, 0.2) is 18.2 Å². The van der Waals surface area contributed by atoms with Crippen LogP contribution in [0.25, 0.3) is 0 Å². The van der Waals surface area contributed by atoms with Crippen LogP contribution in [-0.4, -0.2) is 6.04 Å². The zero-order valence-corrected chi connectivity index (χ0v) is 11.6. The maximum absolute atomic E-state index is 6.40. The van der Waals surface area contributed by atoms with E-state index in [2.05, 4.69) is 25.1 Å². The Labute approximate surface area is 109 Å². The fourth-order valence-electron chi connectivity index (χ4n) is 2.92. The van der Waals surface area contributed by atoms with E-state index >= 15 is 0 Å². The van der Waals surface area contributed by atoms with Gasteiger partial charge in [-0.1, -0.05) is 43.5 Å². The molecule has 1 fully saturated rings. The van der Waals surface area contributed by atoms with E-state index in [1.807, 2.05) is 6.92 Å². The second-order valence-electron chi connectivity index (χ2n) is 5.37. The zero-order valence-electron chi connectivity index (χ0n) is 10.8. The number of hydrogen-bond donors (Lipinski definition) is 1. The molecule has 1 aromatic rings. The Kier molecular flexibility index (Phi) is 3.79. The Morgan fingerprint density at radius 2 is 2.12 bits per heavy atom. The maximum atomic E-state index is 6.40. The number of halogens is 1. The van der Waals surface area contributed by atoms with Crippen molar-refractivity contribution in [3.63, 3.8) is 0 Å². The molecule has 1 aromatic carbocycles. The van der Waals surface area contributed by atoms with Gasteiger partial charge >= 0.3 is 0 Å². The van der Waals surface area contributed by atoms with Crippen molar-refractivity contribution in [2.24, 2.45) is 5.73 Å². The molecule has 0 amide bonds. The predicted octanol–water partition coefficient (Wildman–Crippen LogP) is 4.20. The lowest BCUT2D eigenvalue weighted by Crippen LogP contribution is -2.50. The van der Waals surface area contributed by atoms with Crippen LogP contribution in [-0.2, 0) is 5.41 Å². The number of aryl methyl sites for hydroxylation is 1. The first kappa shape index (κ1) is 12.9. The van der Waals surface area contributed by atoms with Gasteiger partial charge < -0.3 is 5.73 Å². The molecule has 0 aromatic heterocycles. The summed E-state index contributed by atoms with van der Waals surface area (Å²) in [5.41, 5.74) is 9.10. The summed E-state index contributed by atoms with van der Waals surface area (Å²) in [4.78, 5) is 0. The highest BCUT2D eigenvalue weighted by atomic mass is 35.5. The molecule has 0 saturated heterocycles. The Morgan fingerprint density at radius 1 is 1.41 bits per heavy atom. The molecule has 2 heteroatoms. The average molecular weight is 252 g/mol. The molecule has 0 heterocycles. The summed E-state index contributed by atoms with van der Waals surface area (Å²) in [6.07, 6.45) is 5.98. The van der Waals surface area contributed by atoms with E-state index < -0.39 is 0 Å². The molecule has 1 saturated carbocycles. The van der Waals surface area contributed by atoms with Crippen molar-refractivity contribution in [2.45, 2.75) is 57.4 Å². The molecule has 0 bridgehead atoms. The van der Waals surface area contributed by atoms with Crippen LogP contribution < -0.4 is 5.73 Å². The molecule has 1 unspecified atom stereocenters. The Bertz CT molecular complexity index is 396. The summed E-state index contributed by atoms with van der Waals surface area (Å²) >= 11 is 6.24. The van der Waals surface area contributed by atoms with E-state index in [0.717, 1.165) is 23.4 Å². The average Bonchev–Trinajstić information content (AvgIpc) is 2.22. The third-order valence-corrected chi connectivity index (χ3v) is 4.71. The molecule has 2 rings (SSSR count). The SMILES string of the molecule is CCCC(N)C1(c2ccc(C)c(Cl)c2)CCC1. The molecule has 1 aliphatic rings. The molecule has 1 nitrogen and oxygen atoms in total. The Morgan fingerprint density at radius 3 is 2.59 bits per heavy atom. The Balaban J connectivity index is 2.31. The van der Waals surface area contributed by atoms with Gasteiger partial charge in [0.1, 0.15) is 0 Å². The lowest BCUT2D eigenvalue weighted by atomic mass is 9.59. The summed E-state index contributed by atoms with van der Waals surface area (Å²) in [5, 5.41) is 0.873. The number of nitrogens with two attached hydrogens (primary N) is 1. The highest BCUT2D eigenvalue weighted by Gasteiger charge is 2.43. The lowest BCUT2D eigenvalue weighted by Gasteiger charge is -2.47. The van der Waals surface area contributed by atoms with Crippen molar-refractivity contribution in [3.8, 4) is 0 Å². The molecule has 2 N–H and O–H groups in total. The van der Waals surface area contributed by atoms with E-state index in [9.17, 15) is 0 Å². The van der Waals surface area contributed by atoms with Gasteiger partial charge in [-0.25, -0.2) is 0 Å². The molecule has 94 valence electrons. The van der Waals surface area contributed by atoms with Crippen molar-refractivity contribution in [1.82, 2.24) is 0 Å². The molecule has 17 heavy (non-hydrogen) atoms. The van der Waals surface area contributed by atoms with Gasteiger partial charge in [-0.3, -0.25) is 0 Å². The van der Waals surface area contributed by atoms with Crippen molar-refractivity contribution in [1.29, 1.82) is 0 Å². The molecule has 0 aliphatic heterocycles. The number of benzene rings is 1. The molecule has 1 aliphatic carbocycles. The molecule has 0 spiro atoms. The fraction of sp³-hybridized carbons (Fsp3) is 0.600. The van der Waals surface area contributed by atoms with Gasteiger partial charge in [0, 0.05) is 16.5 Å². The number of hydrogen-bond acceptors (Lipinski definition) is 1. The number of rotatable bonds is 4. The topological polar surface area (TPSA) is 26.0 Å². The maximum Gasteiger partial charge on any atom is 0.0438 e. The van der Waals surface area contributed by atoms with Crippen molar-refractivity contribution >= 4 is 11.6 Å². The van der Waals surface area contributed by atoms with Crippen molar-refractivity contribution in [3.05, 3.63) is 34.3 Å². The highest BCUT2D eigenvalue weighted by molar-refractivity contribution is 6.31. The molecule has 1 atom stereocenters. The first-order valence-electron chi connectivity index (χ1n) is 6.62. The third kappa shape index (κ3) is 2.23. The lowest BCUT2D eigenvalue weighted by molar-refractivity contribution is 0.188. The van der Waals surface area contributed by atoms with Crippen LogP contribution in [0, 0.1) is 6.92 Å². The fourth-order valence-corrected chi connectivity index (χ4v) is 3.10. The molecular weight excluding hydrogens is 230 g/mol. The van der Waals surface area contributed by atoms with E-state index in [-0.39, 0.29) is 11.5 Å². The first-order valence-corrected chi connectivity index (χ1v) is 7.00. The zero-order chi connectivity index (χ0) is 12.5. The van der Waals surface area contributed by atoms with Gasteiger partial charge in [-0.05, 0) is 43.4 Å². The quantitative estimate of drug-likeness (QED) is 0.853. The van der Waals surface area contributed by atoms with Crippen LogP contribution >= 0.6 is 11.6 Å². The minimum absolute atomic E-state index is 0.202. The van der Waals surface area contributed by atoms with Gasteiger partial charge in [0.15, 0.2) is 0 Å². The minimum Gasteiger partial charge on any atom is -0.327 e. The van der Waals surface area contributed by atoms with Crippen molar-refractivity contribution < 1.29 is 0 Å². The largest absolute Gasteiger partial charge is 0.327 e. The van der Waals surface area contributed by atoms with Crippen LogP contribution in [0.1, 0.15) is 50.2 Å². The highest BCUT2D eigenvalue weighted by Crippen LogP contribution is 2.47. The van der Waals surface area contributed by atoms with Gasteiger partial charge in [-0.15, -0.1) is 0 Å².